The molecule has 0 saturated carbocycles. The van der Waals surface area contributed by atoms with E-state index in [1.807, 2.05) is 26.0 Å². The van der Waals surface area contributed by atoms with Crippen molar-refractivity contribution in [1.82, 2.24) is 5.32 Å². The monoisotopic (exact) mass is 347 g/mol. The lowest BCUT2D eigenvalue weighted by molar-refractivity contribution is 0.153. The third-order valence-corrected chi connectivity index (χ3v) is 4.31. The van der Waals surface area contributed by atoms with Crippen LogP contribution in [0, 0.1) is 12.7 Å². The second kappa shape index (κ2) is 8.83. The average Bonchev–Trinajstić information content (AvgIpc) is 2.60. The highest BCUT2D eigenvalue weighted by Crippen LogP contribution is 2.30. The zero-order valence-corrected chi connectivity index (χ0v) is 15.2. The highest BCUT2D eigenvalue weighted by Gasteiger charge is 2.14. The first kappa shape index (κ1) is 19.2. The quantitative estimate of drug-likeness (QED) is 0.763. The summed E-state index contributed by atoms with van der Waals surface area (Å²) < 4.78 is 23.6. The van der Waals surface area contributed by atoms with Gasteiger partial charge in [0, 0.05) is 12.6 Å². The van der Waals surface area contributed by atoms with E-state index in [2.05, 4.69) is 5.32 Å². The van der Waals surface area contributed by atoms with Gasteiger partial charge >= 0.3 is 0 Å². The fraction of sp³-hybridized carbons (Fsp3) is 0.400. The highest BCUT2D eigenvalue weighted by atomic mass is 19.1. The molecule has 0 aromatic heterocycles. The number of aliphatic hydroxyl groups excluding tert-OH is 1. The minimum atomic E-state index is -0.630. The number of ether oxygens (including phenoxy) is 2. The first-order chi connectivity index (χ1) is 11.9. The Balaban J connectivity index is 1.95. The molecule has 2 N–H and O–H groups in total. The van der Waals surface area contributed by atoms with Gasteiger partial charge in [-0.15, -0.1) is 0 Å². The van der Waals surface area contributed by atoms with E-state index in [1.54, 1.807) is 26.4 Å². The minimum Gasteiger partial charge on any atom is -0.493 e. The van der Waals surface area contributed by atoms with E-state index in [-0.39, 0.29) is 11.9 Å². The molecule has 0 bridgehead atoms. The standard InChI is InChI=1S/C20H26FNO3/c1-13-9-19(24-3)20(25-4)11-16(13)12-22-14(2)10-18(23)15-5-7-17(21)8-6-15/h5-9,11,14,18,22-23H,10,12H2,1-4H3. The molecule has 25 heavy (non-hydrogen) atoms. The molecule has 0 spiro atoms. The SMILES string of the molecule is COc1cc(C)c(CNC(C)CC(O)c2ccc(F)cc2)cc1OC. The van der Waals surface area contributed by atoms with Gasteiger partial charge in [-0.25, -0.2) is 4.39 Å². The van der Waals surface area contributed by atoms with E-state index in [0.29, 0.717) is 24.5 Å². The zero-order valence-electron chi connectivity index (χ0n) is 15.2. The summed E-state index contributed by atoms with van der Waals surface area (Å²) in [5.74, 6) is 1.11. The Bertz CT molecular complexity index is 688. The third kappa shape index (κ3) is 5.18. The summed E-state index contributed by atoms with van der Waals surface area (Å²) in [4.78, 5) is 0. The van der Waals surface area contributed by atoms with Gasteiger partial charge in [0.1, 0.15) is 5.82 Å². The van der Waals surface area contributed by atoms with Crippen molar-refractivity contribution >= 4 is 0 Å². The van der Waals surface area contributed by atoms with E-state index < -0.39 is 6.10 Å². The Kier molecular flexibility index (Phi) is 6.79. The predicted octanol–water partition coefficient (Wildman–Crippen LogP) is 3.75. The Morgan fingerprint density at radius 2 is 1.68 bits per heavy atom. The zero-order chi connectivity index (χ0) is 18.4. The Hall–Kier alpha value is -2.11. The fourth-order valence-electron chi connectivity index (χ4n) is 2.74. The van der Waals surface area contributed by atoms with Crippen molar-refractivity contribution in [2.45, 2.75) is 39.0 Å². The molecule has 0 aliphatic carbocycles. The number of hydrogen-bond donors (Lipinski definition) is 2. The van der Waals surface area contributed by atoms with Crippen molar-refractivity contribution in [2.24, 2.45) is 0 Å². The predicted molar refractivity (Wildman–Crippen MR) is 96.6 cm³/mol. The molecule has 2 rings (SSSR count). The van der Waals surface area contributed by atoms with Gasteiger partial charge in [-0.3, -0.25) is 0 Å². The number of benzene rings is 2. The summed E-state index contributed by atoms with van der Waals surface area (Å²) in [6, 6.07) is 9.97. The summed E-state index contributed by atoms with van der Waals surface area (Å²) in [5.41, 5.74) is 2.94. The Morgan fingerprint density at radius 1 is 1.08 bits per heavy atom. The molecule has 0 radical (unpaired) electrons. The number of nitrogens with one attached hydrogen (secondary N) is 1. The van der Waals surface area contributed by atoms with E-state index in [0.717, 1.165) is 16.7 Å². The van der Waals surface area contributed by atoms with Gasteiger partial charge in [-0.05, 0) is 61.2 Å². The van der Waals surface area contributed by atoms with Crippen LogP contribution in [-0.4, -0.2) is 25.4 Å². The van der Waals surface area contributed by atoms with Crippen molar-refractivity contribution < 1.29 is 19.0 Å². The summed E-state index contributed by atoms with van der Waals surface area (Å²) >= 11 is 0. The van der Waals surface area contributed by atoms with E-state index in [9.17, 15) is 9.50 Å². The van der Waals surface area contributed by atoms with Crippen molar-refractivity contribution in [3.63, 3.8) is 0 Å². The van der Waals surface area contributed by atoms with Crippen molar-refractivity contribution in [1.29, 1.82) is 0 Å². The maximum Gasteiger partial charge on any atom is 0.161 e. The summed E-state index contributed by atoms with van der Waals surface area (Å²) in [7, 11) is 3.24. The Morgan fingerprint density at radius 3 is 2.28 bits per heavy atom. The molecule has 2 unspecified atom stereocenters. The lowest BCUT2D eigenvalue weighted by Crippen LogP contribution is -2.27. The summed E-state index contributed by atoms with van der Waals surface area (Å²) in [5, 5.41) is 13.7. The number of aryl methyl sites for hydroxylation is 1. The second-order valence-electron chi connectivity index (χ2n) is 6.22. The molecule has 5 heteroatoms. The van der Waals surface area contributed by atoms with Gasteiger partial charge in [0.05, 0.1) is 20.3 Å². The molecule has 0 heterocycles. The van der Waals surface area contributed by atoms with Gasteiger partial charge in [0.2, 0.25) is 0 Å². The van der Waals surface area contributed by atoms with Crippen LogP contribution >= 0.6 is 0 Å². The first-order valence-electron chi connectivity index (χ1n) is 8.33. The lowest BCUT2D eigenvalue weighted by atomic mass is 10.0. The molecule has 0 amide bonds. The van der Waals surface area contributed by atoms with Crippen molar-refractivity contribution in [3.05, 3.63) is 58.9 Å². The number of hydrogen-bond acceptors (Lipinski definition) is 4. The lowest BCUT2D eigenvalue weighted by Gasteiger charge is -2.19. The van der Waals surface area contributed by atoms with Gasteiger partial charge in [-0.1, -0.05) is 12.1 Å². The minimum absolute atomic E-state index is 0.0903. The summed E-state index contributed by atoms with van der Waals surface area (Å²) in [6.45, 7) is 4.70. The van der Waals surface area contributed by atoms with Gasteiger partial charge in [0.25, 0.3) is 0 Å². The maximum absolute atomic E-state index is 13.0. The van der Waals surface area contributed by atoms with Gasteiger partial charge < -0.3 is 19.9 Å². The molecule has 0 aliphatic heterocycles. The van der Waals surface area contributed by atoms with Crippen LogP contribution in [-0.2, 0) is 6.54 Å². The van der Waals surface area contributed by atoms with Gasteiger partial charge in [0.15, 0.2) is 11.5 Å². The van der Waals surface area contributed by atoms with E-state index in [4.69, 9.17) is 9.47 Å². The van der Waals surface area contributed by atoms with Crippen LogP contribution in [0.5, 0.6) is 11.5 Å². The van der Waals surface area contributed by atoms with E-state index in [1.165, 1.54) is 12.1 Å². The van der Waals surface area contributed by atoms with Crippen LogP contribution in [0.4, 0.5) is 4.39 Å². The molecule has 0 saturated heterocycles. The number of rotatable bonds is 8. The first-order valence-corrected chi connectivity index (χ1v) is 8.33. The molecule has 0 fully saturated rings. The molecule has 2 aromatic rings. The summed E-state index contributed by atoms with van der Waals surface area (Å²) in [6.07, 6.45) is -0.0903. The Labute approximate surface area is 148 Å². The number of methoxy groups -OCH3 is 2. The van der Waals surface area contributed by atoms with Crippen LogP contribution in [0.1, 0.15) is 36.1 Å². The van der Waals surface area contributed by atoms with Crippen LogP contribution in [0.15, 0.2) is 36.4 Å². The molecule has 2 aromatic carbocycles. The van der Waals surface area contributed by atoms with Gasteiger partial charge in [-0.2, -0.15) is 0 Å². The van der Waals surface area contributed by atoms with Crippen LogP contribution in [0.2, 0.25) is 0 Å². The van der Waals surface area contributed by atoms with E-state index >= 15 is 0 Å². The maximum atomic E-state index is 13.0. The van der Waals surface area contributed by atoms with Crippen molar-refractivity contribution in [3.8, 4) is 11.5 Å². The highest BCUT2D eigenvalue weighted by molar-refractivity contribution is 5.47. The average molecular weight is 347 g/mol. The molecule has 0 aliphatic rings. The topological polar surface area (TPSA) is 50.7 Å². The van der Waals surface area contributed by atoms with Crippen molar-refractivity contribution in [2.75, 3.05) is 14.2 Å². The molecular formula is C20H26FNO3. The van der Waals surface area contributed by atoms with Crippen LogP contribution in [0.3, 0.4) is 0 Å². The van der Waals surface area contributed by atoms with Crippen LogP contribution in [0.25, 0.3) is 0 Å². The molecular weight excluding hydrogens is 321 g/mol. The largest absolute Gasteiger partial charge is 0.493 e. The normalized spacial score (nSPS) is 13.4. The number of halogens is 1. The third-order valence-electron chi connectivity index (χ3n) is 4.31. The molecule has 4 nitrogen and oxygen atoms in total. The fourth-order valence-corrected chi connectivity index (χ4v) is 2.74. The van der Waals surface area contributed by atoms with Crippen LogP contribution < -0.4 is 14.8 Å². The smallest absolute Gasteiger partial charge is 0.161 e. The number of aliphatic hydroxyl groups is 1. The second-order valence-corrected chi connectivity index (χ2v) is 6.22. The molecule has 2 atom stereocenters. The molecule has 136 valence electrons.